The van der Waals surface area contributed by atoms with Crippen LogP contribution < -0.4 is 11.5 Å². The zero-order valence-electron chi connectivity index (χ0n) is 7.96. The minimum atomic E-state index is 0.0136. The molecule has 1 atom stereocenters. The van der Waals surface area contributed by atoms with E-state index in [1.54, 1.807) is 0 Å². The van der Waals surface area contributed by atoms with E-state index >= 15 is 0 Å². The molecule has 0 heterocycles. The zero-order valence-corrected chi connectivity index (χ0v) is 7.96. The van der Waals surface area contributed by atoms with Gasteiger partial charge < -0.3 is 11.5 Å². The quantitative estimate of drug-likeness (QED) is 0.547. The van der Waals surface area contributed by atoms with Gasteiger partial charge in [0.05, 0.1) is 0 Å². The van der Waals surface area contributed by atoms with Crippen LogP contribution in [0.4, 0.5) is 5.69 Å². The van der Waals surface area contributed by atoms with Gasteiger partial charge in [-0.25, -0.2) is 0 Å². The summed E-state index contributed by atoms with van der Waals surface area (Å²) < 4.78 is 0. The van der Waals surface area contributed by atoms with Gasteiger partial charge in [-0.15, -0.1) is 6.58 Å². The van der Waals surface area contributed by atoms with Crippen LogP contribution in [0.3, 0.4) is 0 Å². The van der Waals surface area contributed by atoms with Crippen molar-refractivity contribution < 1.29 is 0 Å². The molecule has 0 fully saturated rings. The molecule has 0 saturated carbocycles. The molecule has 0 spiro atoms. The predicted octanol–water partition coefficient (Wildman–Crippen LogP) is 2.15. The lowest BCUT2D eigenvalue weighted by atomic mass is 10.0. The van der Waals surface area contributed by atoms with Crippen LogP contribution in [0.2, 0.25) is 0 Å². The summed E-state index contributed by atoms with van der Waals surface area (Å²) in [5.41, 5.74) is 14.6. The lowest BCUT2D eigenvalue weighted by Crippen LogP contribution is -2.09. The maximum Gasteiger partial charge on any atom is 0.0330 e. The van der Waals surface area contributed by atoms with Crippen molar-refractivity contribution in [1.82, 2.24) is 0 Å². The molecular formula is C11H16N2. The Kier molecular flexibility index (Phi) is 3.09. The summed E-state index contributed by atoms with van der Waals surface area (Å²) in [6, 6.07) is 5.93. The number of hydrogen-bond acceptors (Lipinski definition) is 2. The summed E-state index contributed by atoms with van der Waals surface area (Å²) in [5, 5.41) is 0. The van der Waals surface area contributed by atoms with Gasteiger partial charge in [0.25, 0.3) is 0 Å². The molecule has 2 nitrogen and oxygen atoms in total. The van der Waals surface area contributed by atoms with E-state index in [0.717, 1.165) is 23.2 Å². The Morgan fingerprint density at radius 3 is 2.69 bits per heavy atom. The van der Waals surface area contributed by atoms with Crippen molar-refractivity contribution in [2.45, 2.75) is 19.4 Å². The molecule has 2 heteroatoms. The average molecular weight is 176 g/mol. The molecule has 70 valence electrons. The highest BCUT2D eigenvalue weighted by Crippen LogP contribution is 2.19. The fourth-order valence-corrected chi connectivity index (χ4v) is 1.37. The summed E-state index contributed by atoms with van der Waals surface area (Å²) in [6.07, 6.45) is 2.60. The van der Waals surface area contributed by atoms with Gasteiger partial charge in [-0.05, 0) is 36.6 Å². The second-order valence-corrected chi connectivity index (χ2v) is 3.31. The number of aryl methyl sites for hydroxylation is 1. The van der Waals surface area contributed by atoms with Gasteiger partial charge in [0.15, 0.2) is 0 Å². The van der Waals surface area contributed by atoms with Crippen molar-refractivity contribution >= 4 is 5.69 Å². The Balaban J connectivity index is 2.93. The van der Waals surface area contributed by atoms with E-state index in [-0.39, 0.29) is 6.04 Å². The highest BCUT2D eigenvalue weighted by molar-refractivity contribution is 5.45. The molecule has 1 rings (SSSR count). The molecule has 0 aliphatic carbocycles. The molecule has 0 aliphatic heterocycles. The van der Waals surface area contributed by atoms with Gasteiger partial charge >= 0.3 is 0 Å². The van der Waals surface area contributed by atoms with Crippen LogP contribution in [-0.2, 0) is 0 Å². The SMILES string of the molecule is C=CCC(N)c1cc(C)cc(N)c1. The van der Waals surface area contributed by atoms with Gasteiger partial charge in [0.2, 0.25) is 0 Å². The van der Waals surface area contributed by atoms with Crippen LogP contribution in [0, 0.1) is 6.92 Å². The Labute approximate surface area is 79.2 Å². The summed E-state index contributed by atoms with van der Waals surface area (Å²) in [5.74, 6) is 0. The maximum atomic E-state index is 5.92. The van der Waals surface area contributed by atoms with Crippen molar-refractivity contribution in [2.75, 3.05) is 5.73 Å². The first-order valence-electron chi connectivity index (χ1n) is 4.37. The lowest BCUT2D eigenvalue weighted by molar-refractivity contribution is 0.741. The van der Waals surface area contributed by atoms with Crippen molar-refractivity contribution in [1.29, 1.82) is 0 Å². The van der Waals surface area contributed by atoms with E-state index in [2.05, 4.69) is 12.6 Å². The van der Waals surface area contributed by atoms with Gasteiger partial charge in [-0.1, -0.05) is 12.1 Å². The first kappa shape index (κ1) is 9.81. The second kappa shape index (κ2) is 4.10. The number of anilines is 1. The molecule has 4 N–H and O–H groups in total. The van der Waals surface area contributed by atoms with Gasteiger partial charge in [0.1, 0.15) is 0 Å². The molecule has 0 aliphatic rings. The highest BCUT2D eigenvalue weighted by atomic mass is 14.6. The fourth-order valence-electron chi connectivity index (χ4n) is 1.37. The Morgan fingerprint density at radius 2 is 2.15 bits per heavy atom. The number of rotatable bonds is 3. The summed E-state index contributed by atoms with van der Waals surface area (Å²) >= 11 is 0. The number of nitrogen functional groups attached to an aromatic ring is 1. The molecule has 13 heavy (non-hydrogen) atoms. The van der Waals surface area contributed by atoms with Crippen LogP contribution in [0.5, 0.6) is 0 Å². The molecule has 0 bridgehead atoms. The van der Waals surface area contributed by atoms with Crippen LogP contribution in [-0.4, -0.2) is 0 Å². The van der Waals surface area contributed by atoms with Gasteiger partial charge in [0, 0.05) is 11.7 Å². The van der Waals surface area contributed by atoms with Crippen molar-refractivity contribution in [2.24, 2.45) is 5.73 Å². The summed E-state index contributed by atoms with van der Waals surface area (Å²) in [4.78, 5) is 0. The largest absolute Gasteiger partial charge is 0.399 e. The molecule has 1 aromatic carbocycles. The first-order valence-corrected chi connectivity index (χ1v) is 4.37. The van der Waals surface area contributed by atoms with E-state index in [9.17, 15) is 0 Å². The normalized spacial score (nSPS) is 12.5. The maximum absolute atomic E-state index is 5.92. The fraction of sp³-hybridized carbons (Fsp3) is 0.273. The molecule has 0 aromatic heterocycles. The van der Waals surface area contributed by atoms with Gasteiger partial charge in [-0.2, -0.15) is 0 Å². The summed E-state index contributed by atoms with van der Waals surface area (Å²) in [7, 11) is 0. The Hall–Kier alpha value is -1.28. The van der Waals surface area contributed by atoms with E-state index in [1.165, 1.54) is 0 Å². The lowest BCUT2D eigenvalue weighted by Gasteiger charge is -2.11. The van der Waals surface area contributed by atoms with Crippen LogP contribution in [0.15, 0.2) is 30.9 Å². The molecule has 1 aromatic rings. The van der Waals surface area contributed by atoms with Crippen LogP contribution in [0.25, 0.3) is 0 Å². The number of hydrogen-bond donors (Lipinski definition) is 2. The Bertz CT molecular complexity index is 285. The van der Waals surface area contributed by atoms with E-state index in [4.69, 9.17) is 11.5 Å². The smallest absolute Gasteiger partial charge is 0.0330 e. The second-order valence-electron chi connectivity index (χ2n) is 3.31. The highest BCUT2D eigenvalue weighted by Gasteiger charge is 2.04. The number of benzene rings is 1. The molecule has 0 radical (unpaired) electrons. The molecule has 0 saturated heterocycles. The van der Waals surface area contributed by atoms with Crippen LogP contribution in [0.1, 0.15) is 23.6 Å². The van der Waals surface area contributed by atoms with E-state index < -0.39 is 0 Å². The standard InChI is InChI=1S/C11H16N2/c1-3-4-11(13)9-5-8(2)6-10(12)7-9/h3,5-7,11H,1,4,12-13H2,2H3. The first-order chi connectivity index (χ1) is 6.13. The number of nitrogens with two attached hydrogens (primary N) is 2. The molecule has 1 unspecified atom stereocenters. The summed E-state index contributed by atoms with van der Waals surface area (Å²) in [6.45, 7) is 5.67. The zero-order chi connectivity index (χ0) is 9.84. The van der Waals surface area contributed by atoms with Crippen LogP contribution >= 0.6 is 0 Å². The predicted molar refractivity (Wildman–Crippen MR) is 57.3 cm³/mol. The van der Waals surface area contributed by atoms with E-state index in [0.29, 0.717) is 0 Å². The third kappa shape index (κ3) is 2.60. The molecule has 0 amide bonds. The van der Waals surface area contributed by atoms with E-state index in [1.807, 2.05) is 25.1 Å². The topological polar surface area (TPSA) is 52.0 Å². The minimum Gasteiger partial charge on any atom is -0.399 e. The molecular weight excluding hydrogens is 160 g/mol. The van der Waals surface area contributed by atoms with Crippen molar-refractivity contribution in [3.05, 3.63) is 42.0 Å². The van der Waals surface area contributed by atoms with Crippen molar-refractivity contribution in [3.63, 3.8) is 0 Å². The monoisotopic (exact) mass is 176 g/mol. The average Bonchev–Trinajstić information content (AvgIpc) is 2.03. The minimum absolute atomic E-state index is 0.0136. The third-order valence-corrected chi connectivity index (χ3v) is 1.97. The Morgan fingerprint density at radius 1 is 1.46 bits per heavy atom. The van der Waals surface area contributed by atoms with Gasteiger partial charge in [-0.3, -0.25) is 0 Å². The third-order valence-electron chi connectivity index (χ3n) is 1.97. The van der Waals surface area contributed by atoms with Crippen molar-refractivity contribution in [3.8, 4) is 0 Å².